The fraction of sp³-hybridized carbons (Fsp3) is 0.333. The first kappa shape index (κ1) is 28.9. The van der Waals surface area contributed by atoms with Crippen LogP contribution in [0.4, 0.5) is 4.79 Å². The molecule has 0 unspecified atom stereocenters. The molecule has 7 nitrogen and oxygen atoms in total. The molecular weight excluding hydrogens is 498 g/mol. The van der Waals surface area contributed by atoms with Gasteiger partial charge in [-0.3, -0.25) is 14.6 Å². The molecule has 0 saturated carbocycles. The van der Waals surface area contributed by atoms with Gasteiger partial charge in [-0.15, -0.1) is 11.8 Å². The highest BCUT2D eigenvalue weighted by Crippen LogP contribution is 2.14. The van der Waals surface area contributed by atoms with E-state index in [4.69, 9.17) is 4.74 Å². The SMILES string of the molecule is CC(C)C[C@H](NC(=O)OCc1ccccc1)C(=O)N[C@@H](Cc1ccccc1)C(=O)CSCc1ccccn1. The summed E-state index contributed by atoms with van der Waals surface area (Å²) in [6.07, 6.45) is 1.82. The average molecular weight is 534 g/mol. The molecule has 2 N–H and O–H groups in total. The highest BCUT2D eigenvalue weighted by atomic mass is 32.2. The van der Waals surface area contributed by atoms with Crippen molar-refractivity contribution in [2.24, 2.45) is 5.92 Å². The minimum absolute atomic E-state index is 0.0851. The predicted octanol–water partition coefficient (Wildman–Crippen LogP) is 4.95. The van der Waals surface area contributed by atoms with Crippen LogP contribution >= 0.6 is 11.8 Å². The van der Waals surface area contributed by atoms with E-state index in [1.807, 2.05) is 92.7 Å². The summed E-state index contributed by atoms with van der Waals surface area (Å²) in [6, 6.07) is 23.0. The number of alkyl carbamates (subject to hydrolysis) is 1. The molecule has 0 aliphatic carbocycles. The number of hydrogen-bond donors (Lipinski definition) is 2. The lowest BCUT2D eigenvalue weighted by Gasteiger charge is -2.24. The van der Waals surface area contributed by atoms with Crippen LogP contribution in [-0.4, -0.2) is 40.6 Å². The first-order chi connectivity index (χ1) is 18.4. The summed E-state index contributed by atoms with van der Waals surface area (Å²) in [5.74, 6) is 0.480. The van der Waals surface area contributed by atoms with Crippen LogP contribution in [0, 0.1) is 5.92 Å². The van der Waals surface area contributed by atoms with E-state index in [1.165, 1.54) is 11.8 Å². The Labute approximate surface area is 228 Å². The first-order valence-corrected chi connectivity index (χ1v) is 13.9. The van der Waals surface area contributed by atoms with Crippen molar-refractivity contribution in [1.82, 2.24) is 15.6 Å². The van der Waals surface area contributed by atoms with Crippen LogP contribution in [0.5, 0.6) is 0 Å². The van der Waals surface area contributed by atoms with Gasteiger partial charge in [-0.05, 0) is 42.0 Å². The van der Waals surface area contributed by atoms with E-state index >= 15 is 0 Å². The van der Waals surface area contributed by atoms with Gasteiger partial charge in [0.2, 0.25) is 5.91 Å². The number of rotatable bonds is 14. The zero-order valence-electron chi connectivity index (χ0n) is 21.8. The number of nitrogens with zero attached hydrogens (tertiary/aromatic N) is 1. The number of aromatic nitrogens is 1. The summed E-state index contributed by atoms with van der Waals surface area (Å²) in [5, 5.41) is 5.60. The van der Waals surface area contributed by atoms with Crippen LogP contribution in [0.25, 0.3) is 0 Å². The molecule has 0 radical (unpaired) electrons. The Balaban J connectivity index is 1.63. The van der Waals surface area contributed by atoms with Gasteiger partial charge in [-0.25, -0.2) is 4.79 Å². The number of pyridine rings is 1. The highest BCUT2D eigenvalue weighted by molar-refractivity contribution is 7.99. The predicted molar refractivity (Wildman–Crippen MR) is 150 cm³/mol. The Morgan fingerprint density at radius 2 is 1.50 bits per heavy atom. The number of nitrogens with one attached hydrogen (secondary N) is 2. The lowest BCUT2D eigenvalue weighted by atomic mass is 10.00. The summed E-state index contributed by atoms with van der Waals surface area (Å²) < 4.78 is 5.33. The molecule has 200 valence electrons. The van der Waals surface area contributed by atoms with Gasteiger partial charge in [0.1, 0.15) is 12.6 Å². The van der Waals surface area contributed by atoms with Crippen molar-refractivity contribution in [3.05, 3.63) is 102 Å². The van der Waals surface area contributed by atoms with Gasteiger partial charge in [0, 0.05) is 11.9 Å². The molecule has 0 bridgehead atoms. The number of benzene rings is 2. The Kier molecular flexibility index (Phi) is 11.8. The molecular formula is C30H35N3O4S. The number of hydrogen-bond acceptors (Lipinski definition) is 6. The molecule has 3 rings (SSSR count). The lowest BCUT2D eigenvalue weighted by molar-refractivity contribution is -0.128. The standard InChI is InChI=1S/C30H35N3O4S/c1-22(2)17-27(33-30(36)37-19-24-13-7-4-8-14-24)29(35)32-26(18-23-11-5-3-6-12-23)28(34)21-38-20-25-15-9-10-16-31-25/h3-16,22,26-27H,17-21H2,1-2H3,(H,32,35)(H,33,36)/t26-,27-/m0/s1. The van der Waals surface area contributed by atoms with Crippen LogP contribution < -0.4 is 10.6 Å². The van der Waals surface area contributed by atoms with Gasteiger partial charge in [-0.1, -0.05) is 80.6 Å². The van der Waals surface area contributed by atoms with Crippen molar-refractivity contribution < 1.29 is 19.1 Å². The Morgan fingerprint density at radius 1 is 0.842 bits per heavy atom. The monoisotopic (exact) mass is 533 g/mol. The molecule has 38 heavy (non-hydrogen) atoms. The molecule has 2 amide bonds. The van der Waals surface area contributed by atoms with Crippen molar-refractivity contribution in [2.75, 3.05) is 5.75 Å². The summed E-state index contributed by atoms with van der Waals surface area (Å²) >= 11 is 1.46. The molecule has 0 aliphatic heterocycles. The first-order valence-electron chi connectivity index (χ1n) is 12.7. The summed E-state index contributed by atoms with van der Waals surface area (Å²) in [5.41, 5.74) is 2.69. The van der Waals surface area contributed by atoms with Gasteiger partial charge in [-0.2, -0.15) is 0 Å². The van der Waals surface area contributed by atoms with Crippen LogP contribution in [0.3, 0.4) is 0 Å². The zero-order chi connectivity index (χ0) is 27.2. The molecule has 0 saturated heterocycles. The highest BCUT2D eigenvalue weighted by Gasteiger charge is 2.28. The molecule has 8 heteroatoms. The van der Waals surface area contributed by atoms with Crippen LogP contribution in [0.15, 0.2) is 85.1 Å². The minimum atomic E-state index is -0.828. The van der Waals surface area contributed by atoms with E-state index in [-0.39, 0.29) is 24.1 Å². The average Bonchev–Trinajstić information content (AvgIpc) is 2.92. The maximum absolute atomic E-state index is 13.3. The molecule has 1 aromatic heterocycles. The van der Waals surface area contributed by atoms with E-state index in [9.17, 15) is 14.4 Å². The van der Waals surface area contributed by atoms with Crippen LogP contribution in [0.2, 0.25) is 0 Å². The fourth-order valence-electron chi connectivity index (χ4n) is 3.82. The fourth-order valence-corrected chi connectivity index (χ4v) is 4.70. The Bertz CT molecular complexity index is 1140. The number of thioether (sulfide) groups is 1. The maximum atomic E-state index is 13.3. The number of carbonyl (C=O) groups excluding carboxylic acids is 3. The molecule has 3 aromatic rings. The summed E-state index contributed by atoms with van der Waals surface area (Å²) in [6.45, 7) is 4.04. The van der Waals surface area contributed by atoms with Crippen molar-refractivity contribution >= 4 is 29.5 Å². The van der Waals surface area contributed by atoms with E-state index in [2.05, 4.69) is 15.6 Å². The molecule has 0 fully saturated rings. The minimum Gasteiger partial charge on any atom is -0.445 e. The number of ether oxygens (including phenoxy) is 1. The largest absolute Gasteiger partial charge is 0.445 e. The van der Waals surface area contributed by atoms with E-state index in [1.54, 1.807) is 6.20 Å². The van der Waals surface area contributed by atoms with Crippen molar-refractivity contribution in [3.8, 4) is 0 Å². The van der Waals surface area contributed by atoms with Crippen LogP contribution in [0.1, 0.15) is 37.1 Å². The van der Waals surface area contributed by atoms with Gasteiger partial charge in [0.15, 0.2) is 5.78 Å². The summed E-state index contributed by atoms with van der Waals surface area (Å²) in [7, 11) is 0. The molecule has 2 aromatic carbocycles. The maximum Gasteiger partial charge on any atom is 0.408 e. The second kappa shape index (κ2) is 15.6. The molecule has 0 aliphatic rings. The molecule has 0 spiro atoms. The third-order valence-corrected chi connectivity index (χ3v) is 6.73. The van der Waals surface area contributed by atoms with Crippen molar-refractivity contribution in [3.63, 3.8) is 0 Å². The molecule has 1 heterocycles. The smallest absolute Gasteiger partial charge is 0.408 e. The van der Waals surface area contributed by atoms with Crippen LogP contribution in [-0.2, 0) is 33.1 Å². The number of amides is 2. The normalized spacial score (nSPS) is 12.4. The number of ketones is 1. The second-order valence-electron chi connectivity index (χ2n) is 9.42. The van der Waals surface area contributed by atoms with Gasteiger partial charge >= 0.3 is 6.09 Å². The quantitative estimate of drug-likeness (QED) is 0.304. The van der Waals surface area contributed by atoms with E-state index < -0.39 is 24.1 Å². The van der Waals surface area contributed by atoms with Crippen molar-refractivity contribution in [2.45, 2.75) is 51.1 Å². The van der Waals surface area contributed by atoms with Gasteiger partial charge < -0.3 is 15.4 Å². The van der Waals surface area contributed by atoms with Gasteiger partial charge in [0.25, 0.3) is 0 Å². The zero-order valence-corrected chi connectivity index (χ0v) is 22.7. The molecule has 2 atom stereocenters. The lowest BCUT2D eigenvalue weighted by Crippen LogP contribution is -2.53. The number of Topliss-reactive ketones (excluding diaryl/α,β-unsaturated/α-hetero) is 1. The second-order valence-corrected chi connectivity index (χ2v) is 10.4. The Hall–Kier alpha value is -3.65. The third kappa shape index (κ3) is 10.4. The number of carbonyl (C=O) groups is 3. The van der Waals surface area contributed by atoms with E-state index in [0.717, 1.165) is 16.8 Å². The summed E-state index contributed by atoms with van der Waals surface area (Å²) in [4.78, 5) is 43.4. The van der Waals surface area contributed by atoms with E-state index in [0.29, 0.717) is 18.6 Å². The Morgan fingerprint density at radius 3 is 2.13 bits per heavy atom. The van der Waals surface area contributed by atoms with Gasteiger partial charge in [0.05, 0.1) is 17.5 Å². The van der Waals surface area contributed by atoms with Crippen molar-refractivity contribution in [1.29, 1.82) is 0 Å². The third-order valence-electron chi connectivity index (χ3n) is 5.74. The topological polar surface area (TPSA) is 97.4 Å².